The van der Waals surface area contributed by atoms with E-state index in [1.807, 2.05) is 38.3 Å². The highest BCUT2D eigenvalue weighted by Gasteiger charge is 2.63. The Kier molecular flexibility index (Phi) is 5.65. The maximum Gasteiger partial charge on any atom is 0.157 e. The smallest absolute Gasteiger partial charge is 0.157 e. The summed E-state index contributed by atoms with van der Waals surface area (Å²) in [5.74, 6) is 2.94. The highest BCUT2D eigenvalue weighted by atomic mass is 16.5. The number of benzene rings is 1. The normalized spacial score (nSPS) is 42.9. The Morgan fingerprint density at radius 2 is 1.91 bits per heavy atom. The Morgan fingerprint density at radius 1 is 1.09 bits per heavy atom. The molecule has 4 aliphatic rings. The number of hydrogen-bond donors (Lipinski definition) is 1. The van der Waals surface area contributed by atoms with Crippen molar-refractivity contribution in [3.8, 4) is 0 Å². The van der Waals surface area contributed by atoms with Crippen molar-refractivity contribution in [2.75, 3.05) is 13.7 Å². The second-order valence-electron chi connectivity index (χ2n) is 12.9. The van der Waals surface area contributed by atoms with E-state index >= 15 is 0 Å². The highest BCUT2D eigenvalue weighted by molar-refractivity contribution is 5.84. The molecule has 8 atom stereocenters. The lowest BCUT2D eigenvalue weighted by molar-refractivity contribution is -0.175. The average Bonchev–Trinajstić information content (AvgIpc) is 3.40. The molecule has 0 aliphatic heterocycles. The number of Topliss-reactive ketones (excluding diaryl/α,β-unsaturated/α-hetero) is 1. The molecule has 1 aromatic heterocycles. The Labute approximate surface area is 208 Å². The third-order valence-corrected chi connectivity index (χ3v) is 11.2. The van der Waals surface area contributed by atoms with Crippen molar-refractivity contribution in [1.29, 1.82) is 0 Å². The highest BCUT2D eigenvalue weighted by Crippen LogP contribution is 2.68. The van der Waals surface area contributed by atoms with E-state index in [0.717, 1.165) is 56.2 Å². The SMILES string of the molecule is COC[C@]12CC[C@@](C)(O)C[C@@H]1CC[C@H]1[C@@H]3CC[C@H](C(=O)Cn4nnc5ccccc54)[C@@]3(C)CC[C@@H]12. The fraction of sp³-hybridized carbons (Fsp3) is 0.759. The molecular formula is C29H41N3O3. The first-order chi connectivity index (χ1) is 16.8. The second kappa shape index (κ2) is 8.37. The van der Waals surface area contributed by atoms with Crippen LogP contribution in [0.4, 0.5) is 0 Å². The largest absolute Gasteiger partial charge is 0.390 e. The zero-order chi connectivity index (χ0) is 24.4. The van der Waals surface area contributed by atoms with E-state index in [0.29, 0.717) is 36.0 Å². The number of fused-ring (bicyclic) bond motifs is 6. The van der Waals surface area contributed by atoms with Crippen molar-refractivity contribution in [2.45, 2.75) is 83.8 Å². The minimum Gasteiger partial charge on any atom is -0.390 e. The van der Waals surface area contributed by atoms with Gasteiger partial charge in [0, 0.05) is 13.0 Å². The summed E-state index contributed by atoms with van der Waals surface area (Å²) in [5.41, 5.74) is 1.54. The maximum absolute atomic E-state index is 13.7. The number of hydrogen-bond acceptors (Lipinski definition) is 5. The molecule has 190 valence electrons. The lowest BCUT2D eigenvalue weighted by atomic mass is 9.43. The molecule has 4 fully saturated rings. The Morgan fingerprint density at radius 3 is 2.74 bits per heavy atom. The van der Waals surface area contributed by atoms with Gasteiger partial charge in [0.05, 0.1) is 17.7 Å². The van der Waals surface area contributed by atoms with Gasteiger partial charge in [0.1, 0.15) is 12.1 Å². The lowest BCUT2D eigenvalue weighted by Crippen LogP contribution is -2.58. The molecule has 0 spiro atoms. The van der Waals surface area contributed by atoms with Gasteiger partial charge in [-0.2, -0.15) is 0 Å². The third kappa shape index (κ3) is 3.61. The van der Waals surface area contributed by atoms with Gasteiger partial charge in [0.25, 0.3) is 0 Å². The predicted molar refractivity (Wildman–Crippen MR) is 135 cm³/mol. The first-order valence-corrected chi connectivity index (χ1v) is 13.8. The number of ketones is 1. The van der Waals surface area contributed by atoms with Gasteiger partial charge in [-0.05, 0) is 111 Å². The van der Waals surface area contributed by atoms with E-state index in [9.17, 15) is 9.90 Å². The molecule has 0 saturated heterocycles. The van der Waals surface area contributed by atoms with Gasteiger partial charge in [-0.3, -0.25) is 4.79 Å². The second-order valence-corrected chi connectivity index (χ2v) is 12.9. The Bertz CT molecular complexity index is 1110. The molecule has 1 N–H and O–H groups in total. The number of nitrogens with zero attached hydrogens (tertiary/aromatic N) is 3. The molecule has 6 nitrogen and oxygen atoms in total. The van der Waals surface area contributed by atoms with Crippen LogP contribution in [-0.2, 0) is 16.1 Å². The van der Waals surface area contributed by atoms with Crippen LogP contribution >= 0.6 is 0 Å². The van der Waals surface area contributed by atoms with Crippen LogP contribution in [0.25, 0.3) is 11.0 Å². The van der Waals surface area contributed by atoms with Crippen LogP contribution < -0.4 is 0 Å². The number of ether oxygens (including phenoxy) is 1. The Balaban J connectivity index is 1.24. The zero-order valence-corrected chi connectivity index (χ0v) is 21.6. The number of carbonyl (C=O) groups excluding carboxylic acids is 1. The summed E-state index contributed by atoms with van der Waals surface area (Å²) in [5, 5.41) is 19.4. The van der Waals surface area contributed by atoms with Crippen molar-refractivity contribution >= 4 is 16.8 Å². The minimum atomic E-state index is -0.533. The number of rotatable bonds is 5. The standard InChI is InChI=1S/C29H41N3O3/c1-27(34)14-15-29(18-35-3)19(16-27)8-9-20-21-10-11-23(28(21,2)13-12-22(20)29)26(33)17-32-25-7-5-4-6-24(25)30-31-32/h4-7,19-23,34H,8-18H2,1-3H3/t19-,20-,21-,22-,23+,27+,28-,29+/m0/s1. The summed E-state index contributed by atoms with van der Waals surface area (Å²) in [6.45, 7) is 5.59. The zero-order valence-electron chi connectivity index (χ0n) is 21.6. The van der Waals surface area contributed by atoms with E-state index in [4.69, 9.17) is 4.74 Å². The summed E-state index contributed by atoms with van der Waals surface area (Å²) >= 11 is 0. The molecule has 0 radical (unpaired) electrons. The molecule has 0 bridgehead atoms. The molecule has 4 saturated carbocycles. The number of aliphatic hydroxyl groups is 1. The summed E-state index contributed by atoms with van der Waals surface area (Å²) in [4.78, 5) is 13.7. The van der Waals surface area contributed by atoms with Crippen molar-refractivity contribution in [1.82, 2.24) is 15.0 Å². The number of aromatic nitrogens is 3. The molecule has 4 aliphatic carbocycles. The van der Waals surface area contributed by atoms with Crippen molar-refractivity contribution in [3.63, 3.8) is 0 Å². The number of carbonyl (C=O) groups is 1. The molecule has 6 heteroatoms. The van der Waals surface area contributed by atoms with E-state index in [-0.39, 0.29) is 16.7 Å². The van der Waals surface area contributed by atoms with Gasteiger partial charge >= 0.3 is 0 Å². The lowest BCUT2D eigenvalue weighted by Gasteiger charge is -2.62. The monoisotopic (exact) mass is 479 g/mol. The molecule has 1 aromatic carbocycles. The van der Waals surface area contributed by atoms with Crippen LogP contribution in [-0.4, -0.2) is 45.2 Å². The molecule has 0 unspecified atom stereocenters. The van der Waals surface area contributed by atoms with Crippen LogP contribution in [0.1, 0.15) is 71.6 Å². The van der Waals surface area contributed by atoms with Gasteiger partial charge in [-0.15, -0.1) is 5.10 Å². The van der Waals surface area contributed by atoms with Gasteiger partial charge < -0.3 is 9.84 Å². The molecule has 2 aromatic rings. The van der Waals surface area contributed by atoms with Crippen molar-refractivity contribution in [2.24, 2.45) is 40.4 Å². The van der Waals surface area contributed by atoms with Crippen LogP contribution in [0, 0.1) is 40.4 Å². The third-order valence-electron chi connectivity index (χ3n) is 11.2. The fourth-order valence-corrected chi connectivity index (χ4v) is 9.60. The fourth-order valence-electron chi connectivity index (χ4n) is 9.60. The van der Waals surface area contributed by atoms with Crippen LogP contribution in [0.3, 0.4) is 0 Å². The van der Waals surface area contributed by atoms with E-state index < -0.39 is 5.60 Å². The summed E-state index contributed by atoms with van der Waals surface area (Å²) in [6.07, 6.45) is 9.79. The Hall–Kier alpha value is -1.79. The van der Waals surface area contributed by atoms with Crippen molar-refractivity contribution in [3.05, 3.63) is 24.3 Å². The first-order valence-electron chi connectivity index (χ1n) is 13.8. The van der Waals surface area contributed by atoms with Crippen LogP contribution in [0.5, 0.6) is 0 Å². The van der Waals surface area contributed by atoms with Gasteiger partial charge in [-0.25, -0.2) is 4.68 Å². The predicted octanol–water partition coefficient (Wildman–Crippen LogP) is 5.04. The summed E-state index contributed by atoms with van der Waals surface area (Å²) < 4.78 is 7.70. The first kappa shape index (κ1) is 23.6. The van der Waals surface area contributed by atoms with Crippen LogP contribution in [0.2, 0.25) is 0 Å². The number of methoxy groups -OCH3 is 1. The summed E-state index contributed by atoms with van der Waals surface area (Å²) in [6, 6.07) is 7.90. The topological polar surface area (TPSA) is 77.2 Å². The maximum atomic E-state index is 13.7. The molecule has 35 heavy (non-hydrogen) atoms. The van der Waals surface area contributed by atoms with E-state index in [2.05, 4.69) is 17.2 Å². The van der Waals surface area contributed by atoms with E-state index in [1.54, 1.807) is 4.68 Å². The van der Waals surface area contributed by atoms with Gasteiger partial charge in [-0.1, -0.05) is 24.3 Å². The number of para-hydroxylation sites is 1. The molecule has 0 amide bonds. The van der Waals surface area contributed by atoms with Gasteiger partial charge in [0.15, 0.2) is 5.78 Å². The summed E-state index contributed by atoms with van der Waals surface area (Å²) in [7, 11) is 1.85. The molecule has 6 rings (SSSR count). The van der Waals surface area contributed by atoms with Crippen LogP contribution in [0.15, 0.2) is 24.3 Å². The van der Waals surface area contributed by atoms with Gasteiger partial charge in [0.2, 0.25) is 0 Å². The minimum absolute atomic E-state index is 0.0793. The average molecular weight is 480 g/mol. The van der Waals surface area contributed by atoms with Crippen molar-refractivity contribution < 1.29 is 14.6 Å². The quantitative estimate of drug-likeness (QED) is 0.650. The van der Waals surface area contributed by atoms with E-state index in [1.165, 1.54) is 19.3 Å². The molecule has 1 heterocycles. The molecular weight excluding hydrogens is 438 g/mol.